The third-order valence-corrected chi connectivity index (χ3v) is 4.48. The molecular formula is C19H24N6O2. The molecule has 1 fully saturated rings. The topological polar surface area (TPSA) is 75.9 Å². The van der Waals surface area contributed by atoms with Crippen LogP contribution in [0.25, 0.3) is 16.6 Å². The largest absolute Gasteiger partial charge is 0.444 e. The van der Waals surface area contributed by atoms with E-state index in [2.05, 4.69) is 15.0 Å². The average Bonchev–Trinajstić information content (AvgIpc) is 3.01. The number of nitrogens with zero attached hydrogens (tertiary/aromatic N) is 6. The van der Waals surface area contributed by atoms with Gasteiger partial charge < -0.3 is 14.5 Å². The van der Waals surface area contributed by atoms with E-state index in [4.69, 9.17) is 9.72 Å². The molecule has 0 N–H and O–H groups in total. The van der Waals surface area contributed by atoms with E-state index in [1.165, 1.54) is 0 Å². The summed E-state index contributed by atoms with van der Waals surface area (Å²) in [5, 5.41) is 5.52. The maximum Gasteiger partial charge on any atom is 0.410 e. The highest BCUT2D eigenvalue weighted by molar-refractivity contribution is 5.92. The summed E-state index contributed by atoms with van der Waals surface area (Å²) in [7, 11) is 0. The van der Waals surface area contributed by atoms with Crippen LogP contribution in [0.5, 0.6) is 0 Å². The van der Waals surface area contributed by atoms with Crippen LogP contribution in [-0.4, -0.2) is 62.4 Å². The monoisotopic (exact) mass is 368 g/mol. The van der Waals surface area contributed by atoms with Gasteiger partial charge in [0.15, 0.2) is 5.65 Å². The van der Waals surface area contributed by atoms with Gasteiger partial charge in [-0.2, -0.15) is 4.52 Å². The number of aromatic nitrogens is 4. The first kappa shape index (κ1) is 17.5. The van der Waals surface area contributed by atoms with E-state index in [0.717, 1.165) is 22.5 Å². The number of hydrogen-bond acceptors (Lipinski definition) is 6. The maximum absolute atomic E-state index is 12.3. The van der Waals surface area contributed by atoms with Gasteiger partial charge in [-0.25, -0.2) is 14.8 Å². The van der Waals surface area contributed by atoms with Crippen LogP contribution < -0.4 is 4.90 Å². The van der Waals surface area contributed by atoms with Crippen LogP contribution >= 0.6 is 0 Å². The van der Waals surface area contributed by atoms with Crippen molar-refractivity contribution in [2.75, 3.05) is 31.1 Å². The van der Waals surface area contributed by atoms with Crippen LogP contribution in [0, 0.1) is 6.92 Å². The van der Waals surface area contributed by atoms with E-state index in [-0.39, 0.29) is 6.09 Å². The quantitative estimate of drug-likeness (QED) is 0.657. The fraction of sp³-hybridized carbons (Fsp3) is 0.474. The summed E-state index contributed by atoms with van der Waals surface area (Å²) in [6.07, 6.45) is -0.268. The van der Waals surface area contributed by atoms with Crippen LogP contribution in [0.3, 0.4) is 0 Å². The molecule has 1 aromatic carbocycles. The number of carbonyl (C=O) groups excluding carboxylic acids is 1. The van der Waals surface area contributed by atoms with Crippen molar-refractivity contribution in [3.8, 4) is 0 Å². The van der Waals surface area contributed by atoms with Gasteiger partial charge in [-0.05, 0) is 39.8 Å². The second-order valence-corrected chi connectivity index (χ2v) is 7.78. The Morgan fingerprint density at radius 3 is 2.48 bits per heavy atom. The molecule has 27 heavy (non-hydrogen) atoms. The number of amides is 1. The summed E-state index contributed by atoms with van der Waals surface area (Å²) in [5.41, 5.74) is 1.21. The lowest BCUT2D eigenvalue weighted by Gasteiger charge is -2.36. The molecule has 4 rings (SSSR count). The fourth-order valence-electron chi connectivity index (χ4n) is 3.26. The Morgan fingerprint density at radius 1 is 1.07 bits per heavy atom. The van der Waals surface area contributed by atoms with Crippen molar-refractivity contribution in [3.63, 3.8) is 0 Å². The van der Waals surface area contributed by atoms with Gasteiger partial charge in [0.05, 0.1) is 5.52 Å². The number of hydrogen-bond donors (Lipinski definition) is 0. The highest BCUT2D eigenvalue weighted by Crippen LogP contribution is 2.23. The molecule has 142 valence electrons. The number of anilines is 1. The predicted molar refractivity (Wildman–Crippen MR) is 103 cm³/mol. The number of para-hydroxylation sites is 1. The minimum absolute atomic E-state index is 0.268. The fourth-order valence-corrected chi connectivity index (χ4v) is 3.26. The van der Waals surface area contributed by atoms with Crippen LogP contribution in [0.1, 0.15) is 26.6 Å². The molecule has 2 aromatic heterocycles. The molecule has 0 radical (unpaired) electrons. The van der Waals surface area contributed by atoms with Crippen molar-refractivity contribution in [3.05, 3.63) is 30.1 Å². The van der Waals surface area contributed by atoms with Gasteiger partial charge in [0, 0.05) is 31.6 Å². The van der Waals surface area contributed by atoms with Gasteiger partial charge >= 0.3 is 6.09 Å². The minimum Gasteiger partial charge on any atom is -0.444 e. The number of aryl methyl sites for hydroxylation is 1. The first-order chi connectivity index (χ1) is 12.8. The van der Waals surface area contributed by atoms with Gasteiger partial charge in [-0.3, -0.25) is 0 Å². The number of carbonyl (C=O) groups is 1. The third kappa shape index (κ3) is 3.39. The number of ether oxygens (including phenoxy) is 1. The molecule has 8 heteroatoms. The lowest BCUT2D eigenvalue weighted by molar-refractivity contribution is 0.0240. The molecule has 1 aliphatic heterocycles. The number of piperazine rings is 1. The second kappa shape index (κ2) is 6.37. The van der Waals surface area contributed by atoms with Crippen molar-refractivity contribution in [2.45, 2.75) is 33.3 Å². The zero-order valence-corrected chi connectivity index (χ0v) is 16.1. The van der Waals surface area contributed by atoms with Crippen LogP contribution in [0.15, 0.2) is 24.3 Å². The lowest BCUT2D eigenvalue weighted by Crippen LogP contribution is -2.50. The van der Waals surface area contributed by atoms with Crippen molar-refractivity contribution in [1.82, 2.24) is 24.5 Å². The molecule has 0 spiro atoms. The van der Waals surface area contributed by atoms with Crippen molar-refractivity contribution >= 4 is 28.6 Å². The van der Waals surface area contributed by atoms with Gasteiger partial charge in [0.1, 0.15) is 11.4 Å². The zero-order valence-electron chi connectivity index (χ0n) is 16.1. The Hall–Kier alpha value is -2.90. The standard InChI is InChI=1S/C19H24N6O2/c1-13-20-16-14-7-5-6-8-15(14)21-17(25(16)22-13)23-9-11-24(12-10-23)18(26)27-19(2,3)4/h5-8H,9-12H2,1-4H3. The van der Waals surface area contributed by atoms with Crippen molar-refractivity contribution < 1.29 is 9.53 Å². The van der Waals surface area contributed by atoms with E-state index in [1.807, 2.05) is 52.0 Å². The maximum atomic E-state index is 12.3. The minimum atomic E-state index is -0.488. The smallest absolute Gasteiger partial charge is 0.410 e. The Morgan fingerprint density at radius 2 is 1.78 bits per heavy atom. The van der Waals surface area contributed by atoms with Crippen molar-refractivity contribution in [2.24, 2.45) is 0 Å². The molecule has 0 unspecified atom stereocenters. The Kier molecular flexibility index (Phi) is 4.13. The highest BCUT2D eigenvalue weighted by Gasteiger charge is 2.27. The summed E-state index contributed by atoms with van der Waals surface area (Å²) in [4.78, 5) is 25.6. The summed E-state index contributed by atoms with van der Waals surface area (Å²) >= 11 is 0. The van der Waals surface area contributed by atoms with Crippen LogP contribution in [0.4, 0.5) is 10.7 Å². The van der Waals surface area contributed by atoms with Crippen molar-refractivity contribution in [1.29, 1.82) is 0 Å². The molecule has 3 aromatic rings. The molecule has 8 nitrogen and oxygen atoms in total. The van der Waals surface area contributed by atoms with Gasteiger partial charge in [-0.15, -0.1) is 5.10 Å². The summed E-state index contributed by atoms with van der Waals surface area (Å²) in [6.45, 7) is 10.0. The number of benzene rings is 1. The summed E-state index contributed by atoms with van der Waals surface area (Å²) in [5.74, 6) is 1.47. The summed E-state index contributed by atoms with van der Waals surface area (Å²) in [6, 6.07) is 7.95. The SMILES string of the molecule is Cc1nc2c3ccccc3nc(N3CCN(C(=O)OC(C)(C)C)CC3)n2n1. The summed E-state index contributed by atoms with van der Waals surface area (Å²) < 4.78 is 7.28. The normalized spacial score (nSPS) is 15.6. The van der Waals surface area contributed by atoms with E-state index >= 15 is 0 Å². The molecule has 0 aliphatic carbocycles. The molecule has 0 atom stereocenters. The van der Waals surface area contributed by atoms with Crippen LogP contribution in [0.2, 0.25) is 0 Å². The first-order valence-corrected chi connectivity index (χ1v) is 9.17. The molecule has 1 saturated heterocycles. The second-order valence-electron chi connectivity index (χ2n) is 7.78. The van der Waals surface area contributed by atoms with Crippen LogP contribution in [-0.2, 0) is 4.74 Å². The number of rotatable bonds is 1. The van der Waals surface area contributed by atoms with Gasteiger partial charge in [0.2, 0.25) is 5.95 Å². The predicted octanol–water partition coefficient (Wildman–Crippen LogP) is 2.64. The molecule has 0 bridgehead atoms. The van der Waals surface area contributed by atoms with E-state index in [1.54, 1.807) is 9.42 Å². The molecule has 3 heterocycles. The molecule has 0 saturated carbocycles. The van der Waals surface area contributed by atoms with Gasteiger partial charge in [0.25, 0.3) is 0 Å². The molecule has 1 amide bonds. The Balaban J connectivity index is 1.61. The van der Waals surface area contributed by atoms with E-state index in [0.29, 0.717) is 32.0 Å². The third-order valence-electron chi connectivity index (χ3n) is 4.48. The Labute approximate surface area is 157 Å². The lowest BCUT2D eigenvalue weighted by atomic mass is 10.2. The molecule has 1 aliphatic rings. The average molecular weight is 368 g/mol. The van der Waals surface area contributed by atoms with E-state index < -0.39 is 5.60 Å². The van der Waals surface area contributed by atoms with Gasteiger partial charge in [-0.1, -0.05) is 12.1 Å². The number of fused-ring (bicyclic) bond motifs is 3. The van der Waals surface area contributed by atoms with E-state index in [9.17, 15) is 4.79 Å². The zero-order chi connectivity index (χ0) is 19.2. The first-order valence-electron chi connectivity index (χ1n) is 9.17. The Bertz CT molecular complexity index is 999. The molecular weight excluding hydrogens is 344 g/mol. The highest BCUT2D eigenvalue weighted by atomic mass is 16.6.